The summed E-state index contributed by atoms with van der Waals surface area (Å²) in [5.74, 6) is -1.62. The van der Waals surface area contributed by atoms with Crippen molar-refractivity contribution in [3.8, 4) is 0 Å². The number of hydrogen-bond acceptors (Lipinski definition) is 4. The van der Waals surface area contributed by atoms with Crippen LogP contribution in [0.5, 0.6) is 0 Å². The van der Waals surface area contributed by atoms with Crippen molar-refractivity contribution in [1.29, 1.82) is 0 Å². The average Bonchev–Trinajstić information content (AvgIpc) is 2.53. The molecule has 1 heterocycles. The number of carbonyl (C=O) groups excluding carboxylic acids is 1. The summed E-state index contributed by atoms with van der Waals surface area (Å²) in [5.41, 5.74) is -0.206. The van der Waals surface area contributed by atoms with E-state index in [4.69, 9.17) is 0 Å². The third-order valence-electron chi connectivity index (χ3n) is 3.65. The molecule has 2 N–H and O–H groups in total. The zero-order valence-corrected chi connectivity index (χ0v) is 12.4. The first-order valence-corrected chi connectivity index (χ1v) is 6.89. The Kier molecular flexibility index (Phi) is 4.50. The molecule has 1 amide bonds. The van der Waals surface area contributed by atoms with E-state index in [1.165, 1.54) is 12.5 Å². The topological polar surface area (TPSA) is 92.2 Å². The molecule has 0 bridgehead atoms. The third kappa shape index (κ3) is 2.81. The number of benzene rings is 1. The van der Waals surface area contributed by atoms with Crippen LogP contribution in [0.25, 0.3) is 0 Å². The van der Waals surface area contributed by atoms with Crippen LogP contribution in [0.4, 0.5) is 0 Å². The predicted molar refractivity (Wildman–Crippen MR) is 80.3 cm³/mol. The second kappa shape index (κ2) is 6.34. The number of nitrogens with one attached hydrogen (secondary N) is 1. The smallest absolute Gasteiger partial charge is 0.334 e. The van der Waals surface area contributed by atoms with E-state index in [9.17, 15) is 14.7 Å². The fourth-order valence-corrected chi connectivity index (χ4v) is 2.29. The Hall–Kier alpha value is -2.76. The van der Waals surface area contributed by atoms with Gasteiger partial charge in [0, 0.05) is 6.20 Å². The summed E-state index contributed by atoms with van der Waals surface area (Å²) < 4.78 is 0. The van der Waals surface area contributed by atoms with Gasteiger partial charge in [0.05, 0.1) is 11.3 Å². The van der Waals surface area contributed by atoms with Gasteiger partial charge in [-0.25, -0.2) is 14.8 Å². The molecule has 0 spiro atoms. The lowest BCUT2D eigenvalue weighted by Gasteiger charge is -2.30. The maximum atomic E-state index is 12.5. The summed E-state index contributed by atoms with van der Waals surface area (Å²) in [4.78, 5) is 32.1. The lowest BCUT2D eigenvalue weighted by molar-refractivity contribution is -0.145. The minimum Gasteiger partial charge on any atom is -0.479 e. The van der Waals surface area contributed by atoms with Crippen molar-refractivity contribution in [2.24, 2.45) is 0 Å². The number of carbonyl (C=O) groups is 2. The van der Waals surface area contributed by atoms with Crippen molar-refractivity contribution in [3.63, 3.8) is 0 Å². The standard InChI is InChI=1S/C16H17N3O3/c1-3-16(15(21)22,12-7-5-4-6-8-12)19-14(20)13-9-17-10-18-11(13)2/h4-10H,3H2,1-2H3,(H,19,20)(H,21,22)/t16-/m0/s1. The van der Waals surface area contributed by atoms with Gasteiger partial charge in [-0.2, -0.15) is 0 Å². The molecule has 6 nitrogen and oxygen atoms in total. The number of rotatable bonds is 5. The zero-order valence-electron chi connectivity index (χ0n) is 12.4. The normalized spacial score (nSPS) is 13.2. The van der Waals surface area contributed by atoms with Crippen LogP contribution in [-0.4, -0.2) is 27.0 Å². The van der Waals surface area contributed by atoms with E-state index < -0.39 is 17.4 Å². The maximum Gasteiger partial charge on any atom is 0.334 e. The monoisotopic (exact) mass is 299 g/mol. The Bertz CT molecular complexity index is 688. The van der Waals surface area contributed by atoms with Crippen molar-refractivity contribution in [3.05, 3.63) is 59.7 Å². The van der Waals surface area contributed by atoms with Crippen LogP contribution in [0.2, 0.25) is 0 Å². The molecule has 2 aromatic rings. The van der Waals surface area contributed by atoms with Crippen molar-refractivity contribution in [2.75, 3.05) is 0 Å². The summed E-state index contributed by atoms with van der Waals surface area (Å²) in [5, 5.41) is 12.3. The summed E-state index contributed by atoms with van der Waals surface area (Å²) >= 11 is 0. The van der Waals surface area contributed by atoms with Gasteiger partial charge in [0.1, 0.15) is 6.33 Å². The molecule has 0 fully saturated rings. The quantitative estimate of drug-likeness (QED) is 0.879. The van der Waals surface area contributed by atoms with Crippen LogP contribution in [0.15, 0.2) is 42.9 Å². The lowest BCUT2D eigenvalue weighted by Crippen LogP contribution is -2.51. The maximum absolute atomic E-state index is 12.5. The van der Waals surface area contributed by atoms with Gasteiger partial charge in [-0.3, -0.25) is 4.79 Å². The summed E-state index contributed by atoms with van der Waals surface area (Å²) in [6.45, 7) is 3.39. The molecule has 0 aliphatic heterocycles. The predicted octanol–water partition coefficient (Wildman–Crippen LogP) is 1.90. The largest absolute Gasteiger partial charge is 0.479 e. The van der Waals surface area contributed by atoms with Gasteiger partial charge in [0.2, 0.25) is 0 Å². The minimum atomic E-state index is -1.49. The molecule has 0 unspecified atom stereocenters. The van der Waals surface area contributed by atoms with Crippen LogP contribution in [0.1, 0.15) is 35.0 Å². The molecule has 0 aliphatic carbocycles. The molecule has 0 saturated heterocycles. The van der Waals surface area contributed by atoms with Crippen molar-refractivity contribution in [2.45, 2.75) is 25.8 Å². The first kappa shape index (κ1) is 15.6. The highest BCUT2D eigenvalue weighted by Gasteiger charge is 2.40. The van der Waals surface area contributed by atoms with Gasteiger partial charge < -0.3 is 10.4 Å². The third-order valence-corrected chi connectivity index (χ3v) is 3.65. The Morgan fingerprint density at radius 2 is 1.95 bits per heavy atom. The van der Waals surface area contributed by atoms with Gasteiger partial charge in [0.15, 0.2) is 5.54 Å². The average molecular weight is 299 g/mol. The highest BCUT2D eigenvalue weighted by molar-refractivity contribution is 5.98. The molecule has 0 saturated carbocycles. The van der Waals surface area contributed by atoms with Crippen LogP contribution in [-0.2, 0) is 10.3 Å². The van der Waals surface area contributed by atoms with Crippen molar-refractivity contribution >= 4 is 11.9 Å². The summed E-state index contributed by atoms with van der Waals surface area (Å²) in [6, 6.07) is 8.65. The van der Waals surface area contributed by atoms with Gasteiger partial charge in [-0.1, -0.05) is 37.3 Å². The molecule has 2 rings (SSSR count). The van der Waals surface area contributed by atoms with Crippen LogP contribution in [0, 0.1) is 6.92 Å². The Morgan fingerprint density at radius 1 is 1.27 bits per heavy atom. The van der Waals surface area contributed by atoms with E-state index in [0.29, 0.717) is 11.3 Å². The number of aromatic nitrogens is 2. The zero-order chi connectivity index (χ0) is 16.2. The van der Waals surface area contributed by atoms with Gasteiger partial charge in [0.25, 0.3) is 5.91 Å². The molecule has 0 aliphatic rings. The molecule has 6 heteroatoms. The number of aliphatic carboxylic acids is 1. The molecule has 1 aromatic carbocycles. The first-order chi connectivity index (χ1) is 10.5. The van der Waals surface area contributed by atoms with Gasteiger partial charge in [-0.05, 0) is 18.9 Å². The summed E-state index contributed by atoms with van der Waals surface area (Å²) in [6.07, 6.45) is 2.93. The lowest BCUT2D eigenvalue weighted by atomic mass is 9.87. The molecule has 0 radical (unpaired) electrons. The number of nitrogens with zero attached hydrogens (tertiary/aromatic N) is 2. The van der Waals surface area contributed by atoms with Crippen LogP contribution < -0.4 is 5.32 Å². The number of carboxylic acids is 1. The number of aryl methyl sites for hydroxylation is 1. The molecule has 114 valence electrons. The van der Waals surface area contributed by atoms with E-state index in [2.05, 4.69) is 15.3 Å². The second-order valence-corrected chi connectivity index (χ2v) is 4.91. The van der Waals surface area contributed by atoms with Crippen molar-refractivity contribution in [1.82, 2.24) is 15.3 Å². The van der Waals surface area contributed by atoms with Crippen molar-refractivity contribution < 1.29 is 14.7 Å². The highest BCUT2D eigenvalue weighted by atomic mass is 16.4. The van der Waals surface area contributed by atoms with E-state index in [-0.39, 0.29) is 12.0 Å². The van der Waals surface area contributed by atoms with Gasteiger partial charge in [-0.15, -0.1) is 0 Å². The Morgan fingerprint density at radius 3 is 2.50 bits per heavy atom. The fourth-order valence-electron chi connectivity index (χ4n) is 2.29. The van der Waals surface area contributed by atoms with E-state index in [0.717, 1.165) is 0 Å². The Labute approximate surface area is 128 Å². The Balaban J connectivity index is 2.42. The molecular formula is C16H17N3O3. The highest BCUT2D eigenvalue weighted by Crippen LogP contribution is 2.26. The molecule has 1 atom stereocenters. The molecule has 22 heavy (non-hydrogen) atoms. The molecular weight excluding hydrogens is 282 g/mol. The number of carboxylic acid groups (broad SMARTS) is 1. The van der Waals surface area contributed by atoms with Crippen LogP contribution in [0.3, 0.4) is 0 Å². The number of hydrogen-bond donors (Lipinski definition) is 2. The second-order valence-electron chi connectivity index (χ2n) is 4.91. The van der Waals surface area contributed by atoms with Gasteiger partial charge >= 0.3 is 5.97 Å². The van der Waals surface area contributed by atoms with Crippen LogP contribution >= 0.6 is 0 Å². The van der Waals surface area contributed by atoms with E-state index in [1.54, 1.807) is 44.2 Å². The SMILES string of the molecule is CC[C@@](NC(=O)c1cncnc1C)(C(=O)O)c1ccccc1. The molecule has 1 aromatic heterocycles. The first-order valence-electron chi connectivity index (χ1n) is 6.89. The van der Waals surface area contributed by atoms with E-state index >= 15 is 0 Å². The number of amides is 1. The fraction of sp³-hybridized carbons (Fsp3) is 0.250. The summed E-state index contributed by atoms with van der Waals surface area (Å²) in [7, 11) is 0. The minimum absolute atomic E-state index is 0.213. The van der Waals surface area contributed by atoms with E-state index in [1.807, 2.05) is 0 Å².